The highest BCUT2D eigenvalue weighted by molar-refractivity contribution is 9.12. The van der Waals surface area contributed by atoms with Gasteiger partial charge in [-0.2, -0.15) is 5.10 Å². The maximum Gasteiger partial charge on any atom is 0.271 e. The number of halogens is 2. The lowest BCUT2D eigenvalue weighted by atomic mass is 10.2. The van der Waals surface area contributed by atoms with Crippen LogP contribution in [0.3, 0.4) is 0 Å². The van der Waals surface area contributed by atoms with Crippen molar-refractivity contribution in [1.29, 1.82) is 0 Å². The quantitative estimate of drug-likeness (QED) is 0.660. The Morgan fingerprint density at radius 1 is 1.14 bits per heavy atom. The fourth-order valence-electron chi connectivity index (χ4n) is 1.59. The summed E-state index contributed by atoms with van der Waals surface area (Å²) in [5.41, 5.74) is 3.56. The van der Waals surface area contributed by atoms with E-state index in [0.717, 1.165) is 11.6 Å². The summed E-state index contributed by atoms with van der Waals surface area (Å²) in [4.78, 5) is 11.7. The molecule has 1 N–H and O–H groups in total. The molecule has 0 spiro atoms. The van der Waals surface area contributed by atoms with Crippen molar-refractivity contribution in [3.8, 4) is 0 Å². The van der Waals surface area contributed by atoms with E-state index in [1.165, 1.54) is 24.4 Å². The summed E-state index contributed by atoms with van der Waals surface area (Å²) in [5, 5.41) is 3.81. The Morgan fingerprint density at radius 3 is 2.62 bits per heavy atom. The molecule has 2 aromatic rings. The molecule has 21 heavy (non-hydrogen) atoms. The van der Waals surface area contributed by atoms with Crippen molar-refractivity contribution in [3.63, 3.8) is 0 Å². The van der Waals surface area contributed by atoms with E-state index in [1.807, 2.05) is 36.4 Å². The average Bonchev–Trinajstić information content (AvgIpc) is 2.48. The number of carbonyl (C=O) groups is 1. The predicted octanol–water partition coefficient (Wildman–Crippen LogP) is 3.98. The first-order chi connectivity index (χ1) is 10.1. The molecule has 0 saturated heterocycles. The lowest BCUT2D eigenvalue weighted by Gasteiger charge is -1.99. The molecule has 2 aromatic carbocycles. The fourth-order valence-corrected chi connectivity index (χ4v) is 1.96. The van der Waals surface area contributed by atoms with Crippen molar-refractivity contribution in [1.82, 2.24) is 5.43 Å². The molecule has 0 aliphatic heterocycles. The van der Waals surface area contributed by atoms with E-state index in [4.69, 9.17) is 0 Å². The fraction of sp³-hybridized carbons (Fsp3) is 0. The molecule has 106 valence electrons. The molecule has 0 saturated carbocycles. The lowest BCUT2D eigenvalue weighted by molar-refractivity contribution is 0.0954. The SMILES string of the molecule is O=C(N/N=C\C(Br)=C/c1ccccc1)c1cccc(F)c1. The highest BCUT2D eigenvalue weighted by atomic mass is 79.9. The van der Waals surface area contributed by atoms with E-state index in [1.54, 1.807) is 0 Å². The number of amides is 1. The van der Waals surface area contributed by atoms with Crippen molar-refractivity contribution < 1.29 is 9.18 Å². The summed E-state index contributed by atoms with van der Waals surface area (Å²) >= 11 is 3.33. The molecule has 0 aromatic heterocycles. The maximum absolute atomic E-state index is 13.0. The number of carbonyl (C=O) groups excluding carboxylic acids is 1. The standard InChI is InChI=1S/C16H12BrFN2O/c17-14(9-12-5-2-1-3-6-12)11-19-20-16(21)13-7-4-8-15(18)10-13/h1-11H,(H,20,21)/b14-9+,19-11-. The van der Waals surface area contributed by atoms with Crippen LogP contribution in [0.4, 0.5) is 4.39 Å². The number of hydrogen-bond acceptors (Lipinski definition) is 2. The van der Waals surface area contributed by atoms with Gasteiger partial charge in [-0.3, -0.25) is 4.79 Å². The summed E-state index contributed by atoms with van der Waals surface area (Å²) in [6, 6.07) is 15.1. The minimum atomic E-state index is -0.467. The van der Waals surface area contributed by atoms with Crippen LogP contribution in [0.5, 0.6) is 0 Å². The molecule has 0 bridgehead atoms. The van der Waals surface area contributed by atoms with Crippen molar-refractivity contribution in [2.75, 3.05) is 0 Å². The topological polar surface area (TPSA) is 41.5 Å². The van der Waals surface area contributed by atoms with Crippen LogP contribution >= 0.6 is 15.9 Å². The molecule has 0 fully saturated rings. The van der Waals surface area contributed by atoms with Crippen molar-refractivity contribution in [3.05, 3.63) is 76.0 Å². The average molecular weight is 347 g/mol. The van der Waals surface area contributed by atoms with Crippen LogP contribution in [0.15, 0.2) is 64.2 Å². The number of hydrazone groups is 1. The molecule has 0 unspecified atom stereocenters. The van der Waals surface area contributed by atoms with Crippen molar-refractivity contribution in [2.24, 2.45) is 5.10 Å². The third kappa shape index (κ3) is 4.96. The van der Waals surface area contributed by atoms with Gasteiger partial charge < -0.3 is 0 Å². The minimum absolute atomic E-state index is 0.218. The second-order valence-electron chi connectivity index (χ2n) is 4.15. The lowest BCUT2D eigenvalue weighted by Crippen LogP contribution is -2.17. The van der Waals surface area contributed by atoms with Gasteiger partial charge in [0, 0.05) is 10.0 Å². The molecule has 0 aliphatic rings. The molecule has 3 nitrogen and oxygen atoms in total. The van der Waals surface area contributed by atoms with Crippen molar-refractivity contribution >= 4 is 34.1 Å². The second kappa shape index (κ2) is 7.50. The minimum Gasteiger partial charge on any atom is -0.267 e. The Bertz CT molecular complexity index is 684. The van der Waals surface area contributed by atoms with Crippen LogP contribution in [0.2, 0.25) is 0 Å². The van der Waals surface area contributed by atoms with E-state index in [0.29, 0.717) is 4.48 Å². The second-order valence-corrected chi connectivity index (χ2v) is 5.07. The molecule has 5 heteroatoms. The number of allylic oxidation sites excluding steroid dienone is 1. The van der Waals surface area contributed by atoms with Gasteiger partial charge in [0.15, 0.2) is 0 Å². The van der Waals surface area contributed by atoms with Gasteiger partial charge in [-0.15, -0.1) is 0 Å². The van der Waals surface area contributed by atoms with Crippen LogP contribution in [-0.4, -0.2) is 12.1 Å². The Morgan fingerprint density at radius 2 is 1.90 bits per heavy atom. The normalized spacial score (nSPS) is 11.6. The highest BCUT2D eigenvalue weighted by Crippen LogP contribution is 2.09. The van der Waals surface area contributed by atoms with E-state index < -0.39 is 11.7 Å². The van der Waals surface area contributed by atoms with Gasteiger partial charge in [-0.05, 0) is 45.8 Å². The first kappa shape index (κ1) is 15.1. The number of benzene rings is 2. The molecular weight excluding hydrogens is 335 g/mol. The largest absolute Gasteiger partial charge is 0.271 e. The number of nitrogens with zero attached hydrogens (tertiary/aromatic N) is 1. The molecule has 1 amide bonds. The van der Waals surface area contributed by atoms with Crippen LogP contribution < -0.4 is 5.43 Å². The molecular formula is C16H12BrFN2O. The zero-order valence-electron chi connectivity index (χ0n) is 11.0. The van der Waals surface area contributed by atoms with E-state index in [-0.39, 0.29) is 5.56 Å². The van der Waals surface area contributed by atoms with Gasteiger partial charge in [-0.25, -0.2) is 9.82 Å². The summed E-state index contributed by atoms with van der Waals surface area (Å²) < 4.78 is 13.7. The van der Waals surface area contributed by atoms with Crippen LogP contribution in [-0.2, 0) is 0 Å². The summed E-state index contributed by atoms with van der Waals surface area (Å²) in [6.45, 7) is 0. The molecule has 0 aliphatic carbocycles. The summed E-state index contributed by atoms with van der Waals surface area (Å²) in [6.07, 6.45) is 3.32. The van der Waals surface area contributed by atoms with E-state index in [9.17, 15) is 9.18 Å². The van der Waals surface area contributed by atoms with Crippen LogP contribution in [0.25, 0.3) is 6.08 Å². The number of hydrogen-bond donors (Lipinski definition) is 1. The van der Waals surface area contributed by atoms with Gasteiger partial charge in [0.05, 0.1) is 6.21 Å². The Labute approximate surface area is 130 Å². The summed E-state index contributed by atoms with van der Waals surface area (Å²) in [7, 11) is 0. The molecule has 0 heterocycles. The van der Waals surface area contributed by atoms with Crippen LogP contribution in [0, 0.1) is 5.82 Å². The summed E-state index contributed by atoms with van der Waals surface area (Å²) in [5.74, 6) is -0.928. The molecule has 2 rings (SSSR count). The zero-order chi connectivity index (χ0) is 15.1. The van der Waals surface area contributed by atoms with Crippen LogP contribution in [0.1, 0.15) is 15.9 Å². The number of rotatable bonds is 4. The van der Waals surface area contributed by atoms with Gasteiger partial charge in [0.2, 0.25) is 0 Å². The first-order valence-corrected chi connectivity index (χ1v) is 6.95. The Balaban J connectivity index is 1.96. The smallest absolute Gasteiger partial charge is 0.267 e. The van der Waals surface area contributed by atoms with Crippen molar-refractivity contribution in [2.45, 2.75) is 0 Å². The Kier molecular flexibility index (Phi) is 5.40. The first-order valence-electron chi connectivity index (χ1n) is 6.16. The van der Waals surface area contributed by atoms with Gasteiger partial charge >= 0.3 is 0 Å². The predicted molar refractivity (Wildman–Crippen MR) is 85.7 cm³/mol. The Hall–Kier alpha value is -2.27. The monoisotopic (exact) mass is 346 g/mol. The highest BCUT2D eigenvalue weighted by Gasteiger charge is 2.04. The van der Waals surface area contributed by atoms with Gasteiger partial charge in [-0.1, -0.05) is 36.4 Å². The van der Waals surface area contributed by atoms with Gasteiger partial charge in [0.25, 0.3) is 5.91 Å². The molecule has 0 atom stereocenters. The third-order valence-electron chi connectivity index (χ3n) is 2.54. The van der Waals surface area contributed by atoms with Gasteiger partial charge in [0.1, 0.15) is 5.82 Å². The maximum atomic E-state index is 13.0. The zero-order valence-corrected chi connectivity index (χ0v) is 12.5. The number of nitrogens with one attached hydrogen (secondary N) is 1. The third-order valence-corrected chi connectivity index (χ3v) is 2.98. The van der Waals surface area contributed by atoms with E-state index in [2.05, 4.69) is 26.5 Å². The molecule has 0 radical (unpaired) electrons. The van der Waals surface area contributed by atoms with E-state index >= 15 is 0 Å².